The predicted octanol–water partition coefficient (Wildman–Crippen LogP) is 5.04. The first-order valence-corrected chi connectivity index (χ1v) is 11.6. The molecule has 5 heteroatoms. The molecule has 31 heavy (non-hydrogen) atoms. The summed E-state index contributed by atoms with van der Waals surface area (Å²) in [7, 11) is 1.61. The normalized spacial score (nSPS) is 33.7. The van der Waals surface area contributed by atoms with Crippen LogP contribution in [0.4, 0.5) is 0 Å². The standard InChI is InChI=1S/C26H29N3O2/c1-31-26-28-24(27-25(29-26)20-7-2-3-8-21(20)30)19-14-12-17-10-9-15-5-4-6-16-11-13-18(19)23(17)22(15)16/h3-6,8,14-15,17,22,24,30H,2,7,9-13H2,1H3,(H,27,28,29). The summed E-state index contributed by atoms with van der Waals surface area (Å²) < 4.78 is 5.48. The summed E-state index contributed by atoms with van der Waals surface area (Å²) in [5.41, 5.74) is 6.94. The number of aliphatic hydroxyl groups is 1. The molecular formula is C26H29N3O2. The minimum absolute atomic E-state index is 0.220. The molecule has 0 aromatic heterocycles. The van der Waals surface area contributed by atoms with Crippen LogP contribution >= 0.6 is 0 Å². The van der Waals surface area contributed by atoms with Crippen molar-refractivity contribution < 1.29 is 9.84 Å². The summed E-state index contributed by atoms with van der Waals surface area (Å²) in [6.45, 7) is 0. The topological polar surface area (TPSA) is 66.2 Å². The zero-order valence-corrected chi connectivity index (χ0v) is 18.0. The number of methoxy groups -OCH3 is 1. The van der Waals surface area contributed by atoms with Gasteiger partial charge in [-0.3, -0.25) is 0 Å². The monoisotopic (exact) mass is 415 g/mol. The van der Waals surface area contributed by atoms with E-state index in [4.69, 9.17) is 9.73 Å². The van der Waals surface area contributed by atoms with Gasteiger partial charge in [-0.25, -0.2) is 4.99 Å². The van der Waals surface area contributed by atoms with Crippen LogP contribution in [0.1, 0.15) is 44.9 Å². The highest BCUT2D eigenvalue weighted by atomic mass is 16.5. The van der Waals surface area contributed by atoms with Gasteiger partial charge in [0.05, 0.1) is 7.11 Å². The minimum atomic E-state index is -0.220. The van der Waals surface area contributed by atoms with E-state index in [9.17, 15) is 5.11 Å². The summed E-state index contributed by atoms with van der Waals surface area (Å²) >= 11 is 0. The Morgan fingerprint density at radius 1 is 1.16 bits per heavy atom. The highest BCUT2D eigenvalue weighted by molar-refractivity contribution is 6.06. The Morgan fingerprint density at radius 3 is 2.97 bits per heavy atom. The first-order valence-electron chi connectivity index (χ1n) is 11.6. The van der Waals surface area contributed by atoms with Gasteiger partial charge in [0.2, 0.25) is 0 Å². The van der Waals surface area contributed by atoms with Crippen molar-refractivity contribution in [3.05, 3.63) is 70.1 Å². The Kier molecular flexibility index (Phi) is 4.51. The van der Waals surface area contributed by atoms with E-state index in [0.717, 1.165) is 37.7 Å². The zero-order valence-electron chi connectivity index (χ0n) is 18.0. The molecule has 4 unspecified atom stereocenters. The Morgan fingerprint density at radius 2 is 2.10 bits per heavy atom. The third-order valence-corrected chi connectivity index (χ3v) is 7.73. The van der Waals surface area contributed by atoms with E-state index < -0.39 is 0 Å². The van der Waals surface area contributed by atoms with Gasteiger partial charge in [0.15, 0.2) is 6.17 Å². The van der Waals surface area contributed by atoms with Crippen molar-refractivity contribution in [2.24, 2.45) is 27.7 Å². The molecule has 1 aliphatic heterocycles. The Hall–Kier alpha value is -2.82. The third-order valence-electron chi connectivity index (χ3n) is 7.73. The number of hydrogen-bond acceptors (Lipinski definition) is 5. The summed E-state index contributed by atoms with van der Waals surface area (Å²) in [4.78, 5) is 9.34. The van der Waals surface area contributed by atoms with Gasteiger partial charge in [-0.05, 0) is 74.0 Å². The van der Waals surface area contributed by atoms with Crippen LogP contribution in [-0.4, -0.2) is 30.2 Å². The van der Waals surface area contributed by atoms with Gasteiger partial charge in [-0.2, -0.15) is 4.99 Å². The number of nitrogens with one attached hydrogen (secondary N) is 1. The van der Waals surface area contributed by atoms with Gasteiger partial charge < -0.3 is 15.2 Å². The summed E-state index contributed by atoms with van der Waals surface area (Å²) in [6.07, 6.45) is 20.6. The van der Waals surface area contributed by atoms with Crippen LogP contribution in [0.15, 0.2) is 80.1 Å². The molecule has 1 fully saturated rings. The molecule has 6 rings (SSSR count). The maximum Gasteiger partial charge on any atom is 0.315 e. The van der Waals surface area contributed by atoms with Gasteiger partial charge in [0.25, 0.3) is 0 Å². The van der Waals surface area contributed by atoms with Crippen molar-refractivity contribution in [2.75, 3.05) is 7.11 Å². The largest absolute Gasteiger partial charge is 0.508 e. The van der Waals surface area contributed by atoms with Gasteiger partial charge >= 0.3 is 6.02 Å². The number of nitrogens with zero attached hydrogens (tertiary/aromatic N) is 2. The Balaban J connectivity index is 1.38. The average Bonchev–Trinajstić information content (AvgIpc) is 2.82. The lowest BCUT2D eigenvalue weighted by Gasteiger charge is -2.47. The van der Waals surface area contributed by atoms with E-state index in [1.54, 1.807) is 24.3 Å². The van der Waals surface area contributed by atoms with Crippen molar-refractivity contribution >= 4 is 11.9 Å². The maximum atomic E-state index is 10.4. The molecular weight excluding hydrogens is 386 g/mol. The van der Waals surface area contributed by atoms with E-state index in [-0.39, 0.29) is 11.9 Å². The van der Waals surface area contributed by atoms with E-state index >= 15 is 0 Å². The molecule has 1 heterocycles. The van der Waals surface area contributed by atoms with Crippen molar-refractivity contribution in [3.63, 3.8) is 0 Å². The molecule has 2 N–H and O–H groups in total. The predicted molar refractivity (Wildman–Crippen MR) is 123 cm³/mol. The van der Waals surface area contributed by atoms with Crippen molar-refractivity contribution in [2.45, 2.75) is 51.1 Å². The quantitative estimate of drug-likeness (QED) is 0.664. The van der Waals surface area contributed by atoms with Crippen LogP contribution in [0, 0.1) is 17.8 Å². The molecule has 5 aliphatic carbocycles. The van der Waals surface area contributed by atoms with Gasteiger partial charge in [0, 0.05) is 11.5 Å². The smallest absolute Gasteiger partial charge is 0.315 e. The van der Waals surface area contributed by atoms with E-state index in [0.29, 0.717) is 29.6 Å². The Labute approximate surface area is 183 Å². The summed E-state index contributed by atoms with van der Waals surface area (Å²) in [5.74, 6) is 2.89. The van der Waals surface area contributed by atoms with Crippen LogP contribution in [0.5, 0.6) is 0 Å². The second kappa shape index (κ2) is 7.40. The zero-order chi connectivity index (χ0) is 20.9. The van der Waals surface area contributed by atoms with E-state index in [1.807, 2.05) is 6.08 Å². The van der Waals surface area contributed by atoms with E-state index in [1.165, 1.54) is 24.0 Å². The molecule has 160 valence electrons. The van der Waals surface area contributed by atoms with Crippen LogP contribution in [0.2, 0.25) is 0 Å². The lowest BCUT2D eigenvalue weighted by molar-refractivity contribution is 0.306. The van der Waals surface area contributed by atoms with Crippen molar-refractivity contribution in [1.29, 1.82) is 0 Å². The summed E-state index contributed by atoms with van der Waals surface area (Å²) in [5, 5.41) is 14.0. The summed E-state index contributed by atoms with van der Waals surface area (Å²) in [6, 6.07) is 0.376. The van der Waals surface area contributed by atoms with Gasteiger partial charge in [-0.15, -0.1) is 0 Å². The maximum absolute atomic E-state index is 10.4. The number of ether oxygens (including phenoxy) is 1. The molecule has 5 nitrogen and oxygen atoms in total. The van der Waals surface area contributed by atoms with Crippen LogP contribution in [-0.2, 0) is 4.74 Å². The lowest BCUT2D eigenvalue weighted by Crippen LogP contribution is -2.43. The molecule has 0 saturated heterocycles. The van der Waals surface area contributed by atoms with Gasteiger partial charge in [-0.1, -0.05) is 41.5 Å². The fourth-order valence-electron chi connectivity index (χ4n) is 6.34. The molecule has 0 amide bonds. The second-order valence-electron chi connectivity index (χ2n) is 9.30. The van der Waals surface area contributed by atoms with Crippen molar-refractivity contribution in [3.8, 4) is 0 Å². The van der Waals surface area contributed by atoms with Crippen LogP contribution in [0.3, 0.4) is 0 Å². The number of aliphatic imine (C=N–C) groups is 2. The van der Waals surface area contributed by atoms with Crippen LogP contribution in [0.25, 0.3) is 0 Å². The minimum Gasteiger partial charge on any atom is -0.508 e. The molecule has 0 aromatic rings. The Bertz CT molecular complexity index is 1070. The fourth-order valence-corrected chi connectivity index (χ4v) is 6.34. The molecule has 4 atom stereocenters. The van der Waals surface area contributed by atoms with E-state index in [2.05, 4.69) is 34.6 Å². The first kappa shape index (κ1) is 18.9. The average molecular weight is 416 g/mol. The third kappa shape index (κ3) is 3.05. The van der Waals surface area contributed by atoms with Crippen molar-refractivity contribution in [1.82, 2.24) is 5.32 Å². The number of rotatable bonds is 2. The van der Waals surface area contributed by atoms with Gasteiger partial charge in [0.1, 0.15) is 11.6 Å². The molecule has 0 bridgehead atoms. The van der Waals surface area contributed by atoms with Crippen LogP contribution < -0.4 is 5.32 Å². The SMILES string of the molecule is COC1=NC(C2=CCC3CCC4C=CC=C5CCC2=C3C54)NC(C2=C(O)C=CCC2)=N1. The fraction of sp³-hybridized carbons (Fsp3) is 0.462. The molecule has 6 aliphatic rings. The first-order chi connectivity index (χ1) is 15.2. The second-order valence-corrected chi connectivity index (χ2v) is 9.30. The highest BCUT2D eigenvalue weighted by Crippen LogP contribution is 2.54. The highest BCUT2D eigenvalue weighted by Gasteiger charge is 2.43. The number of amidine groups is 2. The number of hydrogen-bond donors (Lipinski definition) is 2. The molecule has 0 spiro atoms. The molecule has 0 radical (unpaired) electrons. The number of aliphatic hydroxyl groups excluding tert-OH is 1. The number of allylic oxidation sites excluding steroid dienone is 8. The molecule has 1 saturated carbocycles. The lowest BCUT2D eigenvalue weighted by atomic mass is 9.58. The molecule has 0 aromatic carbocycles.